The summed E-state index contributed by atoms with van der Waals surface area (Å²) in [5.41, 5.74) is -1.30. The maximum atomic E-state index is 13.1. The van der Waals surface area contributed by atoms with E-state index in [0.29, 0.717) is 39.1 Å². The summed E-state index contributed by atoms with van der Waals surface area (Å²) < 4.78 is 51.6. The van der Waals surface area contributed by atoms with Crippen molar-refractivity contribution in [2.45, 2.75) is 31.7 Å². The predicted molar refractivity (Wildman–Crippen MR) is 72.7 cm³/mol. The molecule has 0 saturated carbocycles. The number of hydrogen-bond acceptors (Lipinski definition) is 4. The lowest BCUT2D eigenvalue weighted by atomic mass is 10.0. The smallest absolute Gasteiger partial charge is 0.347 e. The van der Waals surface area contributed by atoms with Crippen LogP contribution in [0.3, 0.4) is 0 Å². The average Bonchev–Trinajstić information content (AvgIpc) is 3.05. The van der Waals surface area contributed by atoms with Crippen LogP contribution in [0.5, 0.6) is 0 Å². The normalized spacial score (nSPS) is 21.2. The van der Waals surface area contributed by atoms with Gasteiger partial charge in [0.15, 0.2) is 11.5 Å². The second-order valence-corrected chi connectivity index (χ2v) is 5.83. The van der Waals surface area contributed by atoms with Gasteiger partial charge < -0.3 is 14.4 Å². The molecule has 2 fully saturated rings. The lowest BCUT2D eigenvalue weighted by molar-refractivity contribution is -0.181. The zero-order valence-corrected chi connectivity index (χ0v) is 12.9. The number of hydrogen-bond donors (Lipinski definition) is 0. The highest BCUT2D eigenvalue weighted by molar-refractivity contribution is 5.96. The molecule has 0 aromatic carbocycles. The third kappa shape index (κ3) is 2.83. The Morgan fingerprint density at radius 2 is 1.78 bits per heavy atom. The van der Waals surface area contributed by atoms with E-state index >= 15 is 0 Å². The van der Waals surface area contributed by atoms with Crippen LogP contribution < -0.4 is 0 Å². The lowest BCUT2D eigenvalue weighted by Gasteiger charge is -2.37. The maximum Gasteiger partial charge on any atom is 0.435 e. The molecule has 23 heavy (non-hydrogen) atoms. The van der Waals surface area contributed by atoms with Crippen LogP contribution in [0, 0.1) is 6.92 Å². The Kier molecular flexibility index (Phi) is 3.88. The van der Waals surface area contributed by atoms with Crippen molar-refractivity contribution in [3.8, 4) is 0 Å². The summed E-state index contributed by atoms with van der Waals surface area (Å²) in [6.07, 6.45) is -3.75. The van der Waals surface area contributed by atoms with E-state index < -0.39 is 23.6 Å². The first kappa shape index (κ1) is 16.3. The first-order chi connectivity index (χ1) is 10.7. The summed E-state index contributed by atoms with van der Waals surface area (Å²) >= 11 is 0. The van der Waals surface area contributed by atoms with Crippen molar-refractivity contribution in [2.75, 3.05) is 26.3 Å². The number of alkyl halides is 3. The van der Waals surface area contributed by atoms with Gasteiger partial charge in [0, 0.05) is 38.7 Å². The molecule has 0 atom stereocenters. The Morgan fingerprint density at radius 3 is 2.30 bits per heavy atom. The molecule has 0 N–H and O–H groups in total. The molecule has 2 saturated heterocycles. The fourth-order valence-electron chi connectivity index (χ4n) is 3.06. The van der Waals surface area contributed by atoms with Crippen molar-refractivity contribution in [1.29, 1.82) is 0 Å². The molecule has 1 amide bonds. The molecule has 2 aliphatic rings. The van der Waals surface area contributed by atoms with Crippen LogP contribution in [-0.4, -0.2) is 52.7 Å². The average molecular weight is 333 g/mol. The van der Waals surface area contributed by atoms with Crippen molar-refractivity contribution in [2.24, 2.45) is 7.05 Å². The van der Waals surface area contributed by atoms with Gasteiger partial charge in [-0.15, -0.1) is 0 Å². The molecule has 0 unspecified atom stereocenters. The summed E-state index contributed by atoms with van der Waals surface area (Å²) in [6, 6.07) is 0. The monoisotopic (exact) mass is 333 g/mol. The van der Waals surface area contributed by atoms with Crippen molar-refractivity contribution in [1.82, 2.24) is 14.7 Å². The van der Waals surface area contributed by atoms with Gasteiger partial charge in [0.25, 0.3) is 5.91 Å². The van der Waals surface area contributed by atoms with Crippen molar-refractivity contribution >= 4 is 5.91 Å². The number of halogens is 3. The highest BCUT2D eigenvalue weighted by atomic mass is 19.4. The standard InChI is InChI=1S/C14H18F3N3O3/c1-9-10(11(14(15,16)17)18-19(9)2)12(21)20-5-3-13(4-6-20)22-7-8-23-13/h3-8H2,1-2H3. The third-order valence-electron chi connectivity index (χ3n) is 4.44. The molecular weight excluding hydrogens is 315 g/mol. The molecule has 1 aromatic heterocycles. The van der Waals surface area contributed by atoms with Crippen molar-refractivity contribution in [3.63, 3.8) is 0 Å². The molecule has 9 heteroatoms. The van der Waals surface area contributed by atoms with Gasteiger partial charge in [0.2, 0.25) is 0 Å². The highest BCUT2D eigenvalue weighted by Crippen LogP contribution is 2.35. The number of ether oxygens (including phenoxy) is 2. The fraction of sp³-hybridized carbons (Fsp3) is 0.714. The molecule has 0 aliphatic carbocycles. The van der Waals surface area contributed by atoms with E-state index in [4.69, 9.17) is 9.47 Å². The molecule has 0 radical (unpaired) electrons. The second-order valence-electron chi connectivity index (χ2n) is 5.83. The van der Waals surface area contributed by atoms with E-state index in [-0.39, 0.29) is 11.3 Å². The minimum absolute atomic E-state index is 0.205. The summed E-state index contributed by atoms with van der Waals surface area (Å²) in [5.74, 6) is -1.32. The van der Waals surface area contributed by atoms with E-state index in [1.165, 1.54) is 18.9 Å². The summed E-state index contributed by atoms with van der Waals surface area (Å²) in [7, 11) is 1.40. The van der Waals surface area contributed by atoms with Gasteiger partial charge in [-0.3, -0.25) is 9.48 Å². The molecular formula is C14H18F3N3O3. The number of aromatic nitrogens is 2. The summed E-state index contributed by atoms with van der Waals surface area (Å²) in [4.78, 5) is 14.0. The van der Waals surface area contributed by atoms with Gasteiger partial charge >= 0.3 is 6.18 Å². The Morgan fingerprint density at radius 1 is 1.22 bits per heavy atom. The van der Waals surface area contributed by atoms with E-state index in [1.54, 1.807) is 0 Å². The van der Waals surface area contributed by atoms with Crippen molar-refractivity contribution < 1.29 is 27.4 Å². The van der Waals surface area contributed by atoms with Crippen LogP contribution >= 0.6 is 0 Å². The third-order valence-corrected chi connectivity index (χ3v) is 4.44. The predicted octanol–water partition coefficient (Wildman–Crippen LogP) is 1.73. The molecule has 128 valence electrons. The molecule has 2 aliphatic heterocycles. The molecule has 0 bridgehead atoms. The first-order valence-corrected chi connectivity index (χ1v) is 7.41. The fourth-order valence-corrected chi connectivity index (χ4v) is 3.06. The zero-order valence-electron chi connectivity index (χ0n) is 12.9. The lowest BCUT2D eigenvalue weighted by Crippen LogP contribution is -2.47. The topological polar surface area (TPSA) is 56.6 Å². The second kappa shape index (κ2) is 5.48. The number of aryl methyl sites for hydroxylation is 1. The molecule has 1 aromatic rings. The number of carbonyl (C=O) groups excluding carboxylic acids is 1. The van der Waals surface area contributed by atoms with Gasteiger partial charge in [-0.25, -0.2) is 0 Å². The quantitative estimate of drug-likeness (QED) is 0.785. The Hall–Kier alpha value is -1.61. The van der Waals surface area contributed by atoms with Gasteiger partial charge in [0.1, 0.15) is 0 Å². The number of likely N-dealkylation sites (tertiary alicyclic amines) is 1. The molecule has 3 rings (SSSR count). The van der Waals surface area contributed by atoms with Crippen LogP contribution in [0.15, 0.2) is 0 Å². The Labute approximate surface area is 131 Å². The minimum atomic E-state index is -4.66. The van der Waals surface area contributed by atoms with Gasteiger partial charge in [-0.05, 0) is 6.92 Å². The Bertz CT molecular complexity index is 611. The largest absolute Gasteiger partial charge is 0.435 e. The first-order valence-electron chi connectivity index (χ1n) is 7.41. The maximum absolute atomic E-state index is 13.1. The summed E-state index contributed by atoms with van der Waals surface area (Å²) in [6.45, 7) is 3.07. The van der Waals surface area contributed by atoms with Gasteiger partial charge in [-0.1, -0.05) is 0 Å². The highest BCUT2D eigenvalue weighted by Gasteiger charge is 2.44. The van der Waals surface area contributed by atoms with Gasteiger partial charge in [-0.2, -0.15) is 18.3 Å². The van der Waals surface area contributed by atoms with E-state index in [1.807, 2.05) is 0 Å². The van der Waals surface area contributed by atoms with Crippen LogP contribution in [0.4, 0.5) is 13.2 Å². The summed E-state index contributed by atoms with van der Waals surface area (Å²) in [5, 5.41) is 3.46. The number of piperidine rings is 1. The van der Waals surface area contributed by atoms with Crippen LogP contribution in [0.2, 0.25) is 0 Å². The minimum Gasteiger partial charge on any atom is -0.347 e. The van der Waals surface area contributed by atoms with Crippen LogP contribution in [0.25, 0.3) is 0 Å². The van der Waals surface area contributed by atoms with Crippen LogP contribution in [0.1, 0.15) is 34.6 Å². The van der Waals surface area contributed by atoms with Crippen molar-refractivity contribution in [3.05, 3.63) is 17.0 Å². The van der Waals surface area contributed by atoms with E-state index in [9.17, 15) is 18.0 Å². The van der Waals surface area contributed by atoms with Crippen LogP contribution in [-0.2, 0) is 22.7 Å². The number of carbonyl (C=O) groups is 1. The molecule has 1 spiro atoms. The number of amides is 1. The van der Waals surface area contributed by atoms with E-state index in [0.717, 1.165) is 4.68 Å². The zero-order chi connectivity index (χ0) is 16.8. The number of nitrogens with zero attached hydrogens (tertiary/aromatic N) is 3. The Balaban J connectivity index is 1.82. The molecule has 6 nitrogen and oxygen atoms in total. The SMILES string of the molecule is Cc1c(C(=O)N2CCC3(CC2)OCCO3)c(C(F)(F)F)nn1C. The number of rotatable bonds is 1. The van der Waals surface area contributed by atoms with Gasteiger partial charge in [0.05, 0.1) is 18.8 Å². The molecule has 3 heterocycles. The van der Waals surface area contributed by atoms with E-state index in [2.05, 4.69) is 5.10 Å².